The Morgan fingerprint density at radius 2 is 1.94 bits per heavy atom. The molecule has 1 unspecified atom stereocenters. The van der Waals surface area contributed by atoms with Crippen LogP contribution in [0.5, 0.6) is 5.75 Å². The molecule has 1 aliphatic heterocycles. The van der Waals surface area contributed by atoms with Gasteiger partial charge in [-0.3, -0.25) is 4.79 Å². The van der Waals surface area contributed by atoms with Gasteiger partial charge in [-0.15, -0.1) is 0 Å². The molecule has 7 heteroatoms. The maximum atomic E-state index is 13.1. The summed E-state index contributed by atoms with van der Waals surface area (Å²) in [5.41, 5.74) is 1.23. The van der Waals surface area contributed by atoms with Crippen LogP contribution in [-0.2, 0) is 26.2 Å². The van der Waals surface area contributed by atoms with Crippen molar-refractivity contribution in [1.82, 2.24) is 14.1 Å². The number of fused-ring (bicyclic) bond motifs is 6. The van der Waals surface area contributed by atoms with Crippen LogP contribution in [0.1, 0.15) is 26.5 Å². The van der Waals surface area contributed by atoms with E-state index in [0.29, 0.717) is 49.7 Å². The molecule has 0 saturated carbocycles. The standard InChI is InChI=1S/C28H22ClN3O3/c1-31-16-30-14-26(31)28(34)19-6-8-24(29)18(10-19)15-35-21-5-3-4-17(11-21)22-13-27(33)32(2)25-9-7-20(28)12-23(22)25/h3-14,16,34H,15H2,1-2H3/i2D3. The maximum absolute atomic E-state index is 13.1. The first kappa shape index (κ1) is 18.5. The topological polar surface area (TPSA) is 69.3 Å². The van der Waals surface area contributed by atoms with Gasteiger partial charge in [-0.2, -0.15) is 0 Å². The first-order chi connectivity index (χ1) is 18.1. The lowest BCUT2D eigenvalue weighted by molar-refractivity contribution is 0.117. The summed E-state index contributed by atoms with van der Waals surface area (Å²) in [6, 6.07) is 18.7. The molecule has 1 N–H and O–H groups in total. The van der Waals surface area contributed by atoms with Crippen LogP contribution in [0.25, 0.3) is 22.0 Å². The van der Waals surface area contributed by atoms with Gasteiger partial charge in [0.05, 0.1) is 23.7 Å². The first-order valence-electron chi connectivity index (χ1n) is 12.5. The summed E-state index contributed by atoms with van der Waals surface area (Å²) in [5.74, 6) is 0.550. The second kappa shape index (κ2) is 7.83. The van der Waals surface area contributed by atoms with E-state index >= 15 is 0 Å². The number of ether oxygens (including phenoxy) is 1. The van der Waals surface area contributed by atoms with E-state index in [-0.39, 0.29) is 12.1 Å². The van der Waals surface area contributed by atoms with Gasteiger partial charge in [0.1, 0.15) is 12.4 Å². The second-order valence-corrected chi connectivity index (χ2v) is 9.09. The molecule has 0 radical (unpaired) electrons. The molecule has 0 aliphatic carbocycles. The van der Waals surface area contributed by atoms with Gasteiger partial charge in [0.15, 0.2) is 5.60 Å². The summed E-state index contributed by atoms with van der Waals surface area (Å²) in [6.45, 7) is -2.56. The normalized spacial score (nSPS) is 18.5. The quantitative estimate of drug-likeness (QED) is 0.370. The van der Waals surface area contributed by atoms with Crippen molar-refractivity contribution in [3.63, 3.8) is 0 Å². The molecule has 0 amide bonds. The number of aliphatic hydroxyl groups is 1. The van der Waals surface area contributed by atoms with E-state index in [1.54, 1.807) is 78.7 Å². The monoisotopic (exact) mass is 486 g/mol. The Morgan fingerprint density at radius 1 is 1.11 bits per heavy atom. The number of aryl methyl sites for hydroxylation is 2. The molecule has 1 aliphatic rings. The number of nitrogens with zero attached hydrogens (tertiary/aromatic N) is 3. The Bertz CT molecular complexity index is 1790. The van der Waals surface area contributed by atoms with Crippen LogP contribution in [0.3, 0.4) is 0 Å². The Hall–Kier alpha value is -3.87. The van der Waals surface area contributed by atoms with E-state index in [4.69, 9.17) is 20.5 Å². The first-order valence-corrected chi connectivity index (χ1v) is 11.4. The number of pyridine rings is 1. The number of benzene rings is 3. The average molecular weight is 487 g/mol. The zero-order chi connectivity index (χ0) is 26.8. The van der Waals surface area contributed by atoms with Crippen molar-refractivity contribution in [2.45, 2.75) is 12.2 Å². The highest BCUT2D eigenvalue weighted by Gasteiger charge is 2.37. The van der Waals surface area contributed by atoms with Crippen LogP contribution in [0, 0.1) is 0 Å². The zero-order valence-electron chi connectivity index (χ0n) is 21.7. The molecule has 2 aromatic heterocycles. The summed E-state index contributed by atoms with van der Waals surface area (Å²) in [4.78, 5) is 17.4. The molecule has 6 nitrogen and oxygen atoms in total. The van der Waals surface area contributed by atoms with Crippen LogP contribution < -0.4 is 10.3 Å². The molecule has 6 rings (SSSR count). The molecule has 0 fully saturated rings. The van der Waals surface area contributed by atoms with Gasteiger partial charge < -0.3 is 19.0 Å². The third kappa shape index (κ3) is 3.29. The van der Waals surface area contributed by atoms with Crippen molar-refractivity contribution >= 4 is 22.5 Å². The third-order valence-corrected chi connectivity index (χ3v) is 6.99. The number of hydrogen-bond acceptors (Lipinski definition) is 4. The van der Waals surface area contributed by atoms with E-state index < -0.39 is 18.1 Å². The second-order valence-electron chi connectivity index (χ2n) is 8.69. The molecular formula is C28H22ClN3O3. The van der Waals surface area contributed by atoms with Crippen molar-refractivity contribution in [1.29, 1.82) is 0 Å². The Labute approximate surface area is 210 Å². The third-order valence-electron chi connectivity index (χ3n) is 6.62. The number of rotatable bonds is 1. The van der Waals surface area contributed by atoms with Crippen LogP contribution in [-0.4, -0.2) is 19.2 Å². The summed E-state index contributed by atoms with van der Waals surface area (Å²) in [5, 5.41) is 13.5. The number of hydrogen-bond donors (Lipinski definition) is 1. The Kier molecular flexibility index (Phi) is 4.13. The predicted octanol–water partition coefficient (Wildman–Crippen LogP) is 4.77. The van der Waals surface area contributed by atoms with Gasteiger partial charge in [-0.25, -0.2) is 4.98 Å². The van der Waals surface area contributed by atoms with E-state index in [1.165, 1.54) is 6.07 Å². The van der Waals surface area contributed by atoms with E-state index in [9.17, 15) is 9.90 Å². The predicted molar refractivity (Wildman–Crippen MR) is 136 cm³/mol. The van der Waals surface area contributed by atoms with Gasteiger partial charge >= 0.3 is 0 Å². The molecular weight excluding hydrogens is 462 g/mol. The van der Waals surface area contributed by atoms with E-state index in [2.05, 4.69) is 4.98 Å². The number of imidazole rings is 1. The molecule has 3 heterocycles. The van der Waals surface area contributed by atoms with Crippen molar-refractivity contribution in [3.05, 3.63) is 117 Å². The molecule has 1 atom stereocenters. The average Bonchev–Trinajstić information content (AvgIpc) is 3.32. The zero-order valence-corrected chi connectivity index (χ0v) is 19.5. The minimum Gasteiger partial charge on any atom is -0.489 e. The lowest BCUT2D eigenvalue weighted by Crippen LogP contribution is -2.31. The van der Waals surface area contributed by atoms with Gasteiger partial charge in [0, 0.05) is 40.2 Å². The van der Waals surface area contributed by atoms with Crippen LogP contribution in [0.2, 0.25) is 5.02 Å². The molecule has 35 heavy (non-hydrogen) atoms. The fraction of sp³-hybridized carbons (Fsp3) is 0.143. The maximum Gasteiger partial charge on any atom is 0.251 e. The van der Waals surface area contributed by atoms with Crippen molar-refractivity contribution < 1.29 is 14.0 Å². The number of aromatic nitrogens is 3. The fourth-order valence-electron chi connectivity index (χ4n) is 4.79. The van der Waals surface area contributed by atoms with Crippen LogP contribution >= 0.6 is 11.6 Å². The van der Waals surface area contributed by atoms with Gasteiger partial charge in [-0.05, 0) is 58.7 Å². The summed E-state index contributed by atoms with van der Waals surface area (Å²) < 4.78 is 32.6. The van der Waals surface area contributed by atoms with E-state index in [1.807, 2.05) is 6.07 Å². The van der Waals surface area contributed by atoms with Crippen LogP contribution in [0.4, 0.5) is 0 Å². The Morgan fingerprint density at radius 3 is 2.74 bits per heavy atom. The highest BCUT2D eigenvalue weighted by atomic mass is 35.5. The Balaban J connectivity index is 1.78. The molecule has 0 saturated heterocycles. The summed E-state index contributed by atoms with van der Waals surface area (Å²) in [6.07, 6.45) is 3.18. The number of halogens is 1. The minimum absolute atomic E-state index is 0.144. The molecule has 0 spiro atoms. The fourth-order valence-corrected chi connectivity index (χ4v) is 4.96. The van der Waals surface area contributed by atoms with Crippen LogP contribution in [0.15, 0.2) is 84.0 Å². The molecule has 3 aromatic carbocycles. The van der Waals surface area contributed by atoms with Crippen molar-refractivity contribution in [3.8, 4) is 16.9 Å². The van der Waals surface area contributed by atoms with Crippen molar-refractivity contribution in [2.75, 3.05) is 0 Å². The smallest absolute Gasteiger partial charge is 0.251 e. The minimum atomic E-state index is -2.70. The van der Waals surface area contributed by atoms with Gasteiger partial charge in [-0.1, -0.05) is 35.9 Å². The van der Waals surface area contributed by atoms with Gasteiger partial charge in [0.25, 0.3) is 5.56 Å². The molecule has 174 valence electrons. The lowest BCUT2D eigenvalue weighted by Gasteiger charge is -2.31. The molecule has 6 bridgehead atoms. The summed E-state index contributed by atoms with van der Waals surface area (Å²) in [7, 11) is 1.78. The highest BCUT2D eigenvalue weighted by Crippen LogP contribution is 2.41. The lowest BCUT2D eigenvalue weighted by atomic mass is 9.82. The molecule has 5 aromatic rings. The largest absolute Gasteiger partial charge is 0.489 e. The highest BCUT2D eigenvalue weighted by molar-refractivity contribution is 6.31. The van der Waals surface area contributed by atoms with E-state index in [0.717, 1.165) is 4.57 Å². The SMILES string of the molecule is [2H]C([2H])([2H])n1c(=O)cc2c3cc(ccc31)C(O)(c1cncn1C)c1ccc(Cl)c(c1)COc1cccc-2c1. The summed E-state index contributed by atoms with van der Waals surface area (Å²) >= 11 is 6.52. The van der Waals surface area contributed by atoms with Gasteiger partial charge in [0.2, 0.25) is 0 Å². The van der Waals surface area contributed by atoms with Crippen molar-refractivity contribution in [2.24, 2.45) is 14.0 Å².